The van der Waals surface area contributed by atoms with Gasteiger partial charge in [0, 0.05) is 30.9 Å². The molecule has 1 aromatic carbocycles. The van der Waals surface area contributed by atoms with E-state index in [1.807, 2.05) is 18.3 Å². The number of carbonyl (C=O) groups is 1. The zero-order valence-corrected chi connectivity index (χ0v) is 17.0. The van der Waals surface area contributed by atoms with Crippen molar-refractivity contribution in [2.45, 2.75) is 30.6 Å². The average molecular weight is 413 g/mol. The van der Waals surface area contributed by atoms with Gasteiger partial charge >= 0.3 is 5.97 Å². The van der Waals surface area contributed by atoms with Gasteiger partial charge in [-0.25, -0.2) is 18.2 Å². The van der Waals surface area contributed by atoms with Crippen LogP contribution >= 0.6 is 0 Å². The third-order valence-corrected chi connectivity index (χ3v) is 7.29. The maximum atomic E-state index is 13.0. The van der Waals surface area contributed by atoms with E-state index in [1.165, 1.54) is 34.1 Å². The molecule has 1 aliphatic rings. The van der Waals surface area contributed by atoms with E-state index in [4.69, 9.17) is 4.74 Å². The maximum absolute atomic E-state index is 13.0. The van der Waals surface area contributed by atoms with Crippen LogP contribution in [-0.4, -0.2) is 48.4 Å². The molecule has 0 bridgehead atoms. The Morgan fingerprint density at radius 2 is 1.93 bits per heavy atom. The summed E-state index contributed by atoms with van der Waals surface area (Å²) < 4.78 is 32.5. The molecule has 0 amide bonds. The lowest BCUT2D eigenvalue weighted by Gasteiger charge is -2.31. The molecule has 0 spiro atoms. The van der Waals surface area contributed by atoms with Crippen molar-refractivity contribution < 1.29 is 17.9 Å². The number of H-pyrrole nitrogens is 1. The number of fused-ring (bicyclic) bond motifs is 1. The predicted molar refractivity (Wildman–Crippen MR) is 109 cm³/mol. The smallest absolute Gasteiger partial charge is 0.338 e. The number of carbonyl (C=O) groups excluding carboxylic acids is 1. The predicted octanol–water partition coefficient (Wildman–Crippen LogP) is 3.31. The van der Waals surface area contributed by atoms with Gasteiger partial charge in [-0.3, -0.25) is 0 Å². The number of aromatic amines is 1. The number of nitrogens with one attached hydrogen (secondary N) is 1. The number of rotatable bonds is 5. The van der Waals surface area contributed by atoms with Crippen molar-refractivity contribution >= 4 is 27.0 Å². The molecular weight excluding hydrogens is 390 g/mol. The fourth-order valence-corrected chi connectivity index (χ4v) is 5.32. The van der Waals surface area contributed by atoms with Gasteiger partial charge in [-0.2, -0.15) is 4.31 Å². The van der Waals surface area contributed by atoms with Crippen LogP contribution < -0.4 is 0 Å². The van der Waals surface area contributed by atoms with Crippen molar-refractivity contribution in [3.8, 4) is 0 Å². The number of sulfonamides is 1. The van der Waals surface area contributed by atoms with Gasteiger partial charge in [-0.1, -0.05) is 0 Å². The number of aromatic nitrogens is 2. The Morgan fingerprint density at radius 3 is 2.62 bits per heavy atom. The molecule has 29 heavy (non-hydrogen) atoms. The number of esters is 1. The fraction of sp³-hybridized carbons (Fsp3) is 0.333. The number of benzene rings is 1. The van der Waals surface area contributed by atoms with Crippen LogP contribution in [0.2, 0.25) is 0 Å². The molecule has 7 nitrogen and oxygen atoms in total. The van der Waals surface area contributed by atoms with E-state index < -0.39 is 16.0 Å². The molecule has 152 valence electrons. The van der Waals surface area contributed by atoms with Crippen molar-refractivity contribution in [3.63, 3.8) is 0 Å². The number of hydrogen-bond acceptors (Lipinski definition) is 5. The van der Waals surface area contributed by atoms with Crippen LogP contribution in [0.3, 0.4) is 0 Å². The summed E-state index contributed by atoms with van der Waals surface area (Å²) in [6.07, 6.45) is 5.25. The van der Waals surface area contributed by atoms with Crippen LogP contribution in [0.5, 0.6) is 0 Å². The Bertz CT molecular complexity index is 1110. The highest BCUT2D eigenvalue weighted by molar-refractivity contribution is 7.89. The minimum absolute atomic E-state index is 0.195. The van der Waals surface area contributed by atoms with Gasteiger partial charge in [0.05, 0.1) is 17.1 Å². The summed E-state index contributed by atoms with van der Waals surface area (Å²) in [5.41, 5.74) is 2.40. The lowest BCUT2D eigenvalue weighted by atomic mass is 9.90. The SMILES string of the molecule is CCOC(=O)c1ccc(S(=O)(=O)N2CCC(c3c[nH]c4ncccc34)CC2)cc1. The van der Waals surface area contributed by atoms with Crippen molar-refractivity contribution in [3.05, 3.63) is 59.9 Å². The molecule has 0 unspecified atom stereocenters. The van der Waals surface area contributed by atoms with Gasteiger partial charge in [-0.05, 0) is 67.6 Å². The molecule has 0 saturated carbocycles. The van der Waals surface area contributed by atoms with E-state index in [9.17, 15) is 13.2 Å². The number of pyridine rings is 1. The second kappa shape index (κ2) is 7.96. The van der Waals surface area contributed by atoms with E-state index in [1.54, 1.807) is 13.1 Å². The second-order valence-corrected chi connectivity index (χ2v) is 9.00. The standard InChI is InChI=1S/C21H23N3O4S/c1-2-28-21(25)16-5-7-17(8-6-16)29(26,27)24-12-9-15(10-13-24)19-14-23-20-18(19)4-3-11-22-20/h3-8,11,14-15H,2,9-10,12-13H2,1H3,(H,22,23). The zero-order chi connectivity index (χ0) is 20.4. The lowest BCUT2D eigenvalue weighted by Crippen LogP contribution is -2.37. The first-order valence-corrected chi connectivity index (χ1v) is 11.1. The Labute approximate surface area is 169 Å². The molecule has 1 aliphatic heterocycles. The largest absolute Gasteiger partial charge is 0.462 e. The molecule has 0 radical (unpaired) electrons. The molecule has 8 heteroatoms. The summed E-state index contributed by atoms with van der Waals surface area (Å²) >= 11 is 0. The maximum Gasteiger partial charge on any atom is 0.338 e. The summed E-state index contributed by atoms with van der Waals surface area (Å²) in [5.74, 6) is -0.156. The van der Waals surface area contributed by atoms with E-state index in [0.717, 1.165) is 23.9 Å². The number of ether oxygens (including phenoxy) is 1. The molecule has 0 aliphatic carbocycles. The van der Waals surface area contributed by atoms with Crippen molar-refractivity contribution in [1.29, 1.82) is 0 Å². The minimum Gasteiger partial charge on any atom is -0.462 e. The Balaban J connectivity index is 1.46. The van der Waals surface area contributed by atoms with Crippen molar-refractivity contribution in [2.75, 3.05) is 19.7 Å². The summed E-state index contributed by atoms with van der Waals surface area (Å²) in [5, 5.41) is 1.10. The molecular formula is C21H23N3O4S. The lowest BCUT2D eigenvalue weighted by molar-refractivity contribution is 0.0526. The molecule has 0 atom stereocenters. The van der Waals surface area contributed by atoms with Gasteiger partial charge in [0.15, 0.2) is 0 Å². The van der Waals surface area contributed by atoms with Gasteiger partial charge < -0.3 is 9.72 Å². The first-order chi connectivity index (χ1) is 14.0. The molecule has 2 aromatic heterocycles. The summed E-state index contributed by atoms with van der Waals surface area (Å²) in [6.45, 7) is 2.92. The summed E-state index contributed by atoms with van der Waals surface area (Å²) in [6, 6.07) is 9.90. The number of nitrogens with zero attached hydrogens (tertiary/aromatic N) is 2. The quantitative estimate of drug-likeness (QED) is 0.648. The van der Waals surface area contributed by atoms with Gasteiger partial charge in [0.1, 0.15) is 5.65 Å². The highest BCUT2D eigenvalue weighted by Gasteiger charge is 2.31. The first-order valence-electron chi connectivity index (χ1n) is 9.70. The molecule has 1 N–H and O–H groups in total. The van der Waals surface area contributed by atoms with E-state index in [2.05, 4.69) is 9.97 Å². The van der Waals surface area contributed by atoms with Crippen molar-refractivity contribution in [1.82, 2.24) is 14.3 Å². The number of hydrogen-bond donors (Lipinski definition) is 1. The monoisotopic (exact) mass is 413 g/mol. The highest BCUT2D eigenvalue weighted by Crippen LogP contribution is 2.34. The molecule has 4 rings (SSSR count). The van der Waals surface area contributed by atoms with Gasteiger partial charge in [0.25, 0.3) is 0 Å². The minimum atomic E-state index is -3.59. The van der Waals surface area contributed by atoms with E-state index in [-0.39, 0.29) is 11.5 Å². The normalized spacial score (nSPS) is 16.2. The topological polar surface area (TPSA) is 92.4 Å². The van der Waals surface area contributed by atoms with Crippen LogP contribution in [0.25, 0.3) is 11.0 Å². The molecule has 3 heterocycles. The molecule has 1 fully saturated rings. The van der Waals surface area contributed by atoms with Gasteiger partial charge in [0.2, 0.25) is 10.0 Å². The zero-order valence-electron chi connectivity index (χ0n) is 16.2. The van der Waals surface area contributed by atoms with Crippen molar-refractivity contribution in [2.24, 2.45) is 0 Å². The van der Waals surface area contributed by atoms with Gasteiger partial charge in [-0.15, -0.1) is 0 Å². The summed E-state index contributed by atoms with van der Waals surface area (Å²) in [4.78, 5) is 19.5. The average Bonchev–Trinajstić information content (AvgIpc) is 3.18. The van der Waals surface area contributed by atoms with Crippen LogP contribution in [0.15, 0.2) is 53.7 Å². The Kier molecular flexibility index (Phi) is 5.38. The highest BCUT2D eigenvalue weighted by atomic mass is 32.2. The van der Waals surface area contributed by atoms with E-state index in [0.29, 0.717) is 24.6 Å². The van der Waals surface area contributed by atoms with Crippen LogP contribution in [-0.2, 0) is 14.8 Å². The van der Waals surface area contributed by atoms with Crippen LogP contribution in [0, 0.1) is 0 Å². The number of piperidine rings is 1. The molecule has 1 saturated heterocycles. The van der Waals surface area contributed by atoms with Crippen LogP contribution in [0.4, 0.5) is 0 Å². The Hall–Kier alpha value is -2.71. The third kappa shape index (κ3) is 3.77. The Morgan fingerprint density at radius 1 is 1.21 bits per heavy atom. The van der Waals surface area contributed by atoms with Crippen LogP contribution in [0.1, 0.15) is 41.6 Å². The van der Waals surface area contributed by atoms with E-state index >= 15 is 0 Å². The molecule has 3 aromatic rings. The fourth-order valence-electron chi connectivity index (χ4n) is 3.85. The summed E-state index contributed by atoms with van der Waals surface area (Å²) in [7, 11) is -3.59. The second-order valence-electron chi connectivity index (χ2n) is 7.07. The third-order valence-electron chi connectivity index (χ3n) is 5.38. The first kappa shape index (κ1) is 19.6.